The van der Waals surface area contributed by atoms with Crippen LogP contribution in [0.1, 0.15) is 33.4 Å². The number of amides is 1. The third-order valence-electron chi connectivity index (χ3n) is 6.32. The summed E-state index contributed by atoms with van der Waals surface area (Å²) < 4.78 is 95.5. The maximum absolute atomic E-state index is 13.8. The Morgan fingerprint density at radius 3 is 2.37 bits per heavy atom. The summed E-state index contributed by atoms with van der Waals surface area (Å²) in [6, 6.07) is 0.990. The third kappa shape index (κ3) is 5.57. The topological polar surface area (TPSA) is 143 Å². The van der Waals surface area contributed by atoms with Crippen molar-refractivity contribution >= 4 is 48.9 Å². The average Bonchev–Trinajstić information content (AvgIpc) is 3.19. The van der Waals surface area contributed by atoms with Crippen molar-refractivity contribution in [3.05, 3.63) is 29.3 Å². The summed E-state index contributed by atoms with van der Waals surface area (Å²) in [5.41, 5.74) is -3.52. The van der Waals surface area contributed by atoms with Crippen molar-refractivity contribution in [1.82, 2.24) is 14.8 Å². The molecule has 1 amide bonds. The van der Waals surface area contributed by atoms with Gasteiger partial charge in [0.1, 0.15) is 20.3 Å². The molecule has 2 aromatic rings. The first-order valence-electron chi connectivity index (χ1n) is 11.4. The zero-order valence-electron chi connectivity index (χ0n) is 20.9. The van der Waals surface area contributed by atoms with E-state index >= 15 is 0 Å². The molecule has 1 aliphatic rings. The minimum absolute atomic E-state index is 0.00144. The monoisotopic (exact) mass is 601 g/mol. The summed E-state index contributed by atoms with van der Waals surface area (Å²) >= 11 is 6.09. The maximum Gasteiger partial charge on any atom is 0.412 e. The summed E-state index contributed by atoms with van der Waals surface area (Å²) in [5, 5.41) is 13.2. The van der Waals surface area contributed by atoms with Gasteiger partial charge in [0.15, 0.2) is 5.15 Å². The van der Waals surface area contributed by atoms with E-state index in [1.54, 1.807) is 6.92 Å². The predicted molar refractivity (Wildman–Crippen MR) is 134 cm³/mol. The maximum atomic E-state index is 13.8. The second kappa shape index (κ2) is 10.2. The molecule has 1 N–H and O–H groups in total. The highest BCUT2D eigenvalue weighted by atomic mass is 35.5. The lowest BCUT2D eigenvalue weighted by molar-refractivity contribution is -0.175. The summed E-state index contributed by atoms with van der Waals surface area (Å²) in [7, 11) is -8.06. The summed E-state index contributed by atoms with van der Waals surface area (Å²) in [6.07, 6.45) is -4.84. The number of aryl methyl sites for hydroxylation is 1. The number of carboxylic acid groups (broad SMARTS) is 1. The molecule has 0 spiro atoms. The van der Waals surface area contributed by atoms with E-state index in [9.17, 15) is 39.9 Å². The van der Waals surface area contributed by atoms with Gasteiger partial charge in [0.2, 0.25) is 0 Å². The largest absolute Gasteiger partial charge is 0.465 e. The highest BCUT2D eigenvalue weighted by Gasteiger charge is 2.54. The SMILES string of the molecule is CCn1cc(S(=O)(=O)N2C[C@H](CS(=O)(=O)CC)Cc3ncc(N(C(=O)O)C(C)(C)C(F)(F)F)cc32)c(Cl)n1. The van der Waals surface area contributed by atoms with E-state index in [0.29, 0.717) is 13.8 Å². The number of sulfonamides is 1. The van der Waals surface area contributed by atoms with Crippen LogP contribution < -0.4 is 9.21 Å². The number of hydrogen-bond acceptors (Lipinski definition) is 7. The number of sulfone groups is 1. The van der Waals surface area contributed by atoms with Gasteiger partial charge in [-0.15, -0.1) is 0 Å². The highest BCUT2D eigenvalue weighted by molar-refractivity contribution is 7.93. The highest BCUT2D eigenvalue weighted by Crippen LogP contribution is 2.41. The molecule has 38 heavy (non-hydrogen) atoms. The van der Waals surface area contributed by atoms with Crippen molar-refractivity contribution in [2.24, 2.45) is 5.92 Å². The number of anilines is 2. The van der Waals surface area contributed by atoms with Crippen LogP contribution in [0, 0.1) is 5.92 Å². The number of fused-ring (bicyclic) bond motifs is 1. The van der Waals surface area contributed by atoms with Crippen molar-refractivity contribution < 1.29 is 39.9 Å². The number of aromatic nitrogens is 3. The smallest absolute Gasteiger partial charge is 0.412 e. The summed E-state index contributed by atoms with van der Waals surface area (Å²) in [5.74, 6) is -1.27. The van der Waals surface area contributed by atoms with Gasteiger partial charge in [-0.05, 0) is 39.2 Å². The number of nitrogens with zero attached hydrogens (tertiary/aromatic N) is 5. The van der Waals surface area contributed by atoms with Crippen LogP contribution >= 0.6 is 11.6 Å². The molecular weight excluding hydrogens is 575 g/mol. The molecule has 1 atom stereocenters. The fourth-order valence-electron chi connectivity index (χ4n) is 4.09. The van der Waals surface area contributed by atoms with Crippen LogP contribution in [-0.4, -0.2) is 72.6 Å². The fraction of sp³-hybridized carbons (Fsp3) is 0.571. The molecule has 0 bridgehead atoms. The van der Waals surface area contributed by atoms with E-state index < -0.39 is 54.2 Å². The Kier molecular flexibility index (Phi) is 8.03. The predicted octanol–water partition coefficient (Wildman–Crippen LogP) is 3.58. The standard InChI is InChI=1S/C21H27ClF3N5O6S2/c1-5-28-11-17(18(22)27-28)38(35,36)29-10-13(12-37(33,34)6-2)7-15-16(29)8-14(9-26-15)30(19(31)32)20(3,4)21(23,24)25/h8-9,11,13H,5-7,10,12H2,1-4H3,(H,31,32)/t13-/m1/s1. The molecule has 3 heterocycles. The Balaban J connectivity index is 2.22. The van der Waals surface area contributed by atoms with Crippen LogP contribution in [0.5, 0.6) is 0 Å². The Bertz CT molecular complexity index is 1440. The minimum Gasteiger partial charge on any atom is -0.465 e. The number of hydrogen-bond donors (Lipinski definition) is 1. The van der Waals surface area contributed by atoms with Crippen LogP contribution in [-0.2, 0) is 32.8 Å². The first-order chi connectivity index (χ1) is 17.4. The molecule has 212 valence electrons. The Labute approximate surface area is 223 Å². The molecule has 0 saturated carbocycles. The molecule has 0 aromatic carbocycles. The Hall–Kier alpha value is -2.59. The summed E-state index contributed by atoms with van der Waals surface area (Å²) in [4.78, 5) is 15.7. The molecule has 0 saturated heterocycles. The van der Waals surface area contributed by atoms with E-state index in [2.05, 4.69) is 10.1 Å². The van der Waals surface area contributed by atoms with Crippen LogP contribution in [0.3, 0.4) is 0 Å². The lowest BCUT2D eigenvalue weighted by Crippen LogP contribution is -2.57. The molecule has 3 rings (SSSR count). The number of halogens is 4. The van der Waals surface area contributed by atoms with Gasteiger partial charge >= 0.3 is 12.3 Å². The van der Waals surface area contributed by atoms with Gasteiger partial charge in [-0.3, -0.25) is 18.9 Å². The van der Waals surface area contributed by atoms with Crippen LogP contribution in [0.15, 0.2) is 23.4 Å². The molecule has 0 radical (unpaired) electrons. The summed E-state index contributed by atoms with van der Waals surface area (Å²) in [6.45, 7) is 4.41. The van der Waals surface area contributed by atoms with Crippen molar-refractivity contribution in [2.75, 3.05) is 27.3 Å². The van der Waals surface area contributed by atoms with Crippen LogP contribution in [0.2, 0.25) is 5.15 Å². The third-order valence-corrected chi connectivity index (χ3v) is 10.3. The fourth-order valence-corrected chi connectivity index (χ4v) is 7.27. The molecular formula is C21H27ClF3N5O6S2. The second-order valence-corrected chi connectivity index (χ2v) is 13.9. The van der Waals surface area contributed by atoms with Gasteiger partial charge in [-0.2, -0.15) is 18.3 Å². The lowest BCUT2D eigenvalue weighted by Gasteiger charge is -2.39. The van der Waals surface area contributed by atoms with Gasteiger partial charge in [0.05, 0.1) is 29.0 Å². The molecule has 17 heteroatoms. The molecule has 11 nitrogen and oxygen atoms in total. The number of carbonyl (C=O) groups is 1. The average molecular weight is 602 g/mol. The normalized spacial score (nSPS) is 16.8. The van der Waals surface area contributed by atoms with Crippen LogP contribution in [0.25, 0.3) is 0 Å². The molecule has 0 aliphatic carbocycles. The van der Waals surface area contributed by atoms with E-state index in [4.69, 9.17) is 11.6 Å². The van der Waals surface area contributed by atoms with Crippen molar-refractivity contribution in [3.8, 4) is 0 Å². The van der Waals surface area contributed by atoms with Crippen molar-refractivity contribution in [3.63, 3.8) is 0 Å². The van der Waals surface area contributed by atoms with Crippen molar-refractivity contribution in [2.45, 2.75) is 57.3 Å². The molecule has 2 aromatic heterocycles. The van der Waals surface area contributed by atoms with Gasteiger partial charge in [0.25, 0.3) is 10.0 Å². The van der Waals surface area contributed by atoms with Gasteiger partial charge in [0, 0.05) is 25.0 Å². The van der Waals surface area contributed by atoms with Gasteiger partial charge in [-0.1, -0.05) is 18.5 Å². The molecule has 1 aliphatic heterocycles. The first-order valence-corrected chi connectivity index (χ1v) is 15.0. The van der Waals surface area contributed by atoms with Gasteiger partial charge < -0.3 is 5.11 Å². The molecule has 0 unspecified atom stereocenters. The zero-order chi connectivity index (χ0) is 28.8. The van der Waals surface area contributed by atoms with Crippen molar-refractivity contribution in [1.29, 1.82) is 0 Å². The van der Waals surface area contributed by atoms with Crippen LogP contribution in [0.4, 0.5) is 29.3 Å². The minimum atomic E-state index is -4.98. The number of pyridine rings is 1. The quantitative estimate of drug-likeness (QED) is 0.484. The van der Waals surface area contributed by atoms with E-state index in [1.165, 1.54) is 17.8 Å². The zero-order valence-corrected chi connectivity index (χ0v) is 23.3. The number of rotatable bonds is 8. The lowest BCUT2D eigenvalue weighted by atomic mass is 9.98. The number of alkyl halides is 3. The Morgan fingerprint density at radius 1 is 1.24 bits per heavy atom. The second-order valence-electron chi connectivity index (χ2n) is 9.28. The van der Waals surface area contributed by atoms with E-state index in [0.717, 1.165) is 16.6 Å². The van der Waals surface area contributed by atoms with E-state index in [-0.39, 0.29) is 52.5 Å². The first kappa shape index (κ1) is 30.0. The van der Waals surface area contributed by atoms with Gasteiger partial charge in [-0.25, -0.2) is 21.6 Å². The molecule has 0 fully saturated rings. The Morgan fingerprint density at radius 2 is 1.87 bits per heavy atom. The van der Waals surface area contributed by atoms with E-state index in [1.807, 2.05) is 0 Å².